The van der Waals surface area contributed by atoms with Crippen molar-refractivity contribution in [2.75, 3.05) is 6.54 Å². The van der Waals surface area contributed by atoms with Gasteiger partial charge in [-0.25, -0.2) is 0 Å². The Kier molecular flexibility index (Phi) is 5.04. The molecule has 0 spiro atoms. The molecule has 1 aromatic rings. The minimum atomic E-state index is -0.738. The average Bonchev–Trinajstić information content (AvgIpc) is 2.98. The van der Waals surface area contributed by atoms with Crippen molar-refractivity contribution in [2.45, 2.75) is 58.0 Å². The summed E-state index contributed by atoms with van der Waals surface area (Å²) in [4.78, 5) is 28.2. The first-order valence-electron chi connectivity index (χ1n) is 7.73. The van der Waals surface area contributed by atoms with Gasteiger partial charge in [-0.2, -0.15) is 0 Å². The predicted molar refractivity (Wildman–Crippen MR) is 85.1 cm³/mol. The lowest BCUT2D eigenvalue weighted by Gasteiger charge is -2.37. The second kappa shape index (κ2) is 6.60. The van der Waals surface area contributed by atoms with Crippen LogP contribution >= 0.6 is 11.3 Å². The first-order valence-corrected chi connectivity index (χ1v) is 8.61. The number of hydrogen-bond acceptors (Lipinski definition) is 3. The molecule has 2 amide bonds. The molecule has 116 valence electrons. The third-order valence-electron chi connectivity index (χ3n) is 4.47. The number of amides is 2. The molecule has 2 heterocycles. The first-order chi connectivity index (χ1) is 10.1. The smallest absolute Gasteiger partial charge is 0.248 e. The summed E-state index contributed by atoms with van der Waals surface area (Å²) in [5.41, 5.74) is -0.738. The fraction of sp³-hybridized carbons (Fsp3) is 0.625. The second-order valence-corrected chi connectivity index (χ2v) is 6.50. The van der Waals surface area contributed by atoms with E-state index < -0.39 is 5.54 Å². The van der Waals surface area contributed by atoms with Crippen LogP contribution in [0.25, 0.3) is 0 Å². The lowest BCUT2D eigenvalue weighted by molar-refractivity contribution is -0.141. The van der Waals surface area contributed by atoms with Crippen molar-refractivity contribution in [1.82, 2.24) is 10.2 Å². The Morgan fingerprint density at radius 1 is 1.33 bits per heavy atom. The highest BCUT2D eigenvalue weighted by Gasteiger charge is 2.43. The lowest BCUT2D eigenvalue weighted by Crippen LogP contribution is -2.56. The minimum Gasteiger partial charge on any atom is -0.342 e. The average molecular weight is 308 g/mol. The molecule has 1 atom stereocenters. The molecular formula is C16H24N2O2S. The molecule has 21 heavy (non-hydrogen) atoms. The predicted octanol–water partition coefficient (Wildman–Crippen LogP) is 3.11. The van der Waals surface area contributed by atoms with E-state index in [0.29, 0.717) is 25.8 Å². The van der Waals surface area contributed by atoms with E-state index in [1.165, 1.54) is 4.88 Å². The van der Waals surface area contributed by atoms with Crippen LogP contribution < -0.4 is 5.32 Å². The van der Waals surface area contributed by atoms with E-state index in [4.69, 9.17) is 0 Å². The van der Waals surface area contributed by atoms with Gasteiger partial charge in [0.15, 0.2) is 0 Å². The Bertz CT molecular complexity index is 494. The molecule has 4 nitrogen and oxygen atoms in total. The Labute approximate surface area is 130 Å². The zero-order valence-corrected chi connectivity index (χ0v) is 13.8. The molecule has 0 saturated carbocycles. The number of carbonyl (C=O) groups excluding carboxylic acids is 2. The summed E-state index contributed by atoms with van der Waals surface area (Å²) in [6, 6.07) is 4.16. The summed E-state index contributed by atoms with van der Waals surface area (Å²) in [5.74, 6) is 0.0502. The van der Waals surface area contributed by atoms with Crippen molar-refractivity contribution in [3.8, 4) is 0 Å². The Morgan fingerprint density at radius 2 is 2.05 bits per heavy atom. The van der Waals surface area contributed by atoms with Crippen LogP contribution in [0.3, 0.4) is 0 Å². The monoisotopic (exact) mass is 308 g/mol. The van der Waals surface area contributed by atoms with Crippen molar-refractivity contribution in [1.29, 1.82) is 0 Å². The molecule has 1 aromatic heterocycles. The molecule has 1 aliphatic heterocycles. The molecule has 1 aliphatic rings. The number of hydrogen-bond donors (Lipinski definition) is 1. The largest absolute Gasteiger partial charge is 0.342 e. The standard InChI is InChI=1S/C16H24N2O2S/c1-4-12(13-8-7-11-21-13)18-10-9-14(19)17-16(5-2,6-3)15(18)20/h7-8,11-12H,4-6,9-10H2,1-3H3,(H,17,19). The van der Waals surface area contributed by atoms with Crippen molar-refractivity contribution in [2.24, 2.45) is 0 Å². The molecule has 2 rings (SSSR count). The van der Waals surface area contributed by atoms with Crippen LogP contribution in [0.2, 0.25) is 0 Å². The van der Waals surface area contributed by atoms with Crippen molar-refractivity contribution in [3.05, 3.63) is 22.4 Å². The highest BCUT2D eigenvalue weighted by atomic mass is 32.1. The van der Waals surface area contributed by atoms with Crippen LogP contribution in [-0.4, -0.2) is 28.8 Å². The molecule has 0 radical (unpaired) electrons. The van der Waals surface area contributed by atoms with E-state index in [2.05, 4.69) is 18.3 Å². The molecule has 1 N–H and O–H groups in total. The maximum atomic E-state index is 13.1. The van der Waals surface area contributed by atoms with Gasteiger partial charge in [-0.15, -0.1) is 11.3 Å². The Balaban J connectivity index is 2.37. The van der Waals surface area contributed by atoms with Crippen molar-refractivity contribution >= 4 is 23.2 Å². The van der Waals surface area contributed by atoms with E-state index in [0.717, 1.165) is 6.42 Å². The maximum Gasteiger partial charge on any atom is 0.248 e. The zero-order chi connectivity index (χ0) is 15.5. The van der Waals surface area contributed by atoms with Gasteiger partial charge in [0.2, 0.25) is 11.8 Å². The SMILES string of the molecule is CCC(c1cccs1)N1CCC(=O)NC(CC)(CC)C1=O. The van der Waals surface area contributed by atoms with Crippen LogP contribution in [0.5, 0.6) is 0 Å². The summed E-state index contributed by atoms with van der Waals surface area (Å²) < 4.78 is 0. The van der Waals surface area contributed by atoms with Crippen LogP contribution in [0.15, 0.2) is 17.5 Å². The van der Waals surface area contributed by atoms with Crippen molar-refractivity contribution in [3.63, 3.8) is 0 Å². The summed E-state index contributed by atoms with van der Waals surface area (Å²) in [6.07, 6.45) is 2.51. The Morgan fingerprint density at radius 3 is 2.57 bits per heavy atom. The van der Waals surface area contributed by atoms with E-state index in [9.17, 15) is 9.59 Å². The summed E-state index contributed by atoms with van der Waals surface area (Å²) in [7, 11) is 0. The normalized spacial score (nSPS) is 20.0. The van der Waals surface area contributed by atoms with Gasteiger partial charge in [-0.05, 0) is 30.7 Å². The van der Waals surface area contributed by atoms with Gasteiger partial charge in [-0.1, -0.05) is 26.8 Å². The molecule has 0 aromatic carbocycles. The quantitative estimate of drug-likeness (QED) is 0.908. The highest BCUT2D eigenvalue weighted by molar-refractivity contribution is 7.10. The molecule has 0 aliphatic carbocycles. The topological polar surface area (TPSA) is 49.4 Å². The van der Waals surface area contributed by atoms with E-state index in [1.54, 1.807) is 11.3 Å². The van der Waals surface area contributed by atoms with Gasteiger partial charge in [-0.3, -0.25) is 9.59 Å². The van der Waals surface area contributed by atoms with Crippen LogP contribution in [0.1, 0.15) is 57.4 Å². The molecule has 1 fully saturated rings. The number of rotatable bonds is 5. The fourth-order valence-corrected chi connectivity index (χ4v) is 3.99. The lowest BCUT2D eigenvalue weighted by atomic mass is 9.90. The number of nitrogens with zero attached hydrogens (tertiary/aromatic N) is 1. The minimum absolute atomic E-state index is 0.0180. The fourth-order valence-electron chi connectivity index (χ4n) is 3.06. The summed E-state index contributed by atoms with van der Waals surface area (Å²) in [6.45, 7) is 6.54. The maximum absolute atomic E-state index is 13.1. The molecule has 1 saturated heterocycles. The third-order valence-corrected chi connectivity index (χ3v) is 5.44. The molecule has 0 bridgehead atoms. The van der Waals surface area contributed by atoms with Gasteiger partial charge in [0.1, 0.15) is 5.54 Å². The highest BCUT2D eigenvalue weighted by Crippen LogP contribution is 2.33. The van der Waals surface area contributed by atoms with Crippen LogP contribution in [-0.2, 0) is 9.59 Å². The van der Waals surface area contributed by atoms with E-state index in [1.807, 2.05) is 30.2 Å². The van der Waals surface area contributed by atoms with Crippen LogP contribution in [0, 0.1) is 0 Å². The van der Waals surface area contributed by atoms with Gasteiger partial charge in [0, 0.05) is 17.8 Å². The molecule has 1 unspecified atom stereocenters. The summed E-state index contributed by atoms with van der Waals surface area (Å²) in [5, 5.41) is 5.01. The van der Waals surface area contributed by atoms with Crippen LogP contribution in [0.4, 0.5) is 0 Å². The molecular weight excluding hydrogens is 284 g/mol. The van der Waals surface area contributed by atoms with Crippen molar-refractivity contribution < 1.29 is 9.59 Å². The third kappa shape index (κ3) is 2.98. The second-order valence-electron chi connectivity index (χ2n) is 5.53. The number of carbonyl (C=O) groups is 2. The molecule has 5 heteroatoms. The van der Waals surface area contributed by atoms with E-state index in [-0.39, 0.29) is 17.9 Å². The first kappa shape index (κ1) is 16.0. The zero-order valence-electron chi connectivity index (χ0n) is 13.0. The van der Waals surface area contributed by atoms with Gasteiger partial charge >= 0.3 is 0 Å². The van der Waals surface area contributed by atoms with Gasteiger partial charge < -0.3 is 10.2 Å². The van der Waals surface area contributed by atoms with E-state index >= 15 is 0 Å². The number of nitrogens with one attached hydrogen (secondary N) is 1. The summed E-state index contributed by atoms with van der Waals surface area (Å²) >= 11 is 1.68. The van der Waals surface area contributed by atoms with Gasteiger partial charge in [0.25, 0.3) is 0 Å². The Hall–Kier alpha value is -1.36. The number of thiophene rings is 1. The van der Waals surface area contributed by atoms with Gasteiger partial charge in [0.05, 0.1) is 6.04 Å².